The standard InChI is InChI=1S/C8H12O3/c9-5-6-3-1-2-4-7(6)8(10)11/h5-7H,1-4H2,(H,10,11). The van der Waals surface area contributed by atoms with Gasteiger partial charge in [-0.3, -0.25) is 4.79 Å². The molecular formula is C8H12O3. The first-order valence-corrected chi connectivity index (χ1v) is 3.94. The summed E-state index contributed by atoms with van der Waals surface area (Å²) in [6.45, 7) is 0. The fourth-order valence-corrected chi connectivity index (χ4v) is 1.63. The van der Waals surface area contributed by atoms with Crippen molar-refractivity contribution in [2.24, 2.45) is 11.8 Å². The molecule has 62 valence electrons. The van der Waals surface area contributed by atoms with Gasteiger partial charge in [0.15, 0.2) is 0 Å². The van der Waals surface area contributed by atoms with Crippen LogP contribution in [-0.2, 0) is 9.59 Å². The summed E-state index contributed by atoms with van der Waals surface area (Å²) in [5.74, 6) is -1.47. The number of carbonyl (C=O) groups excluding carboxylic acids is 1. The number of aliphatic carboxylic acids is 1. The SMILES string of the molecule is O=CC1CCCCC1C(=O)O. The molecule has 0 aromatic carbocycles. The van der Waals surface area contributed by atoms with Gasteiger partial charge in [-0.2, -0.15) is 0 Å². The lowest BCUT2D eigenvalue weighted by molar-refractivity contribution is -0.146. The zero-order chi connectivity index (χ0) is 8.27. The lowest BCUT2D eigenvalue weighted by Crippen LogP contribution is -2.27. The number of hydrogen-bond acceptors (Lipinski definition) is 2. The first kappa shape index (κ1) is 8.24. The van der Waals surface area contributed by atoms with E-state index in [0.29, 0.717) is 6.42 Å². The highest BCUT2D eigenvalue weighted by Crippen LogP contribution is 2.28. The number of carbonyl (C=O) groups is 2. The fraction of sp³-hybridized carbons (Fsp3) is 0.750. The number of carboxylic acids is 1. The number of carboxylic acid groups (broad SMARTS) is 1. The molecule has 2 unspecified atom stereocenters. The Bertz CT molecular complexity index is 165. The summed E-state index contributed by atoms with van der Waals surface area (Å²) in [7, 11) is 0. The molecule has 0 heterocycles. The molecule has 2 atom stereocenters. The van der Waals surface area contributed by atoms with Gasteiger partial charge in [-0.25, -0.2) is 0 Å². The van der Waals surface area contributed by atoms with E-state index in [1.807, 2.05) is 0 Å². The lowest BCUT2D eigenvalue weighted by atomic mass is 9.80. The van der Waals surface area contributed by atoms with Crippen molar-refractivity contribution < 1.29 is 14.7 Å². The minimum Gasteiger partial charge on any atom is -0.481 e. The molecule has 1 rings (SSSR count). The highest BCUT2D eigenvalue weighted by molar-refractivity contribution is 5.75. The van der Waals surface area contributed by atoms with Gasteiger partial charge in [-0.05, 0) is 12.8 Å². The summed E-state index contributed by atoms with van der Waals surface area (Å²) < 4.78 is 0. The molecule has 3 nitrogen and oxygen atoms in total. The van der Waals surface area contributed by atoms with Gasteiger partial charge in [0.05, 0.1) is 5.92 Å². The van der Waals surface area contributed by atoms with Crippen LogP contribution < -0.4 is 0 Å². The summed E-state index contributed by atoms with van der Waals surface area (Å²) in [5, 5.41) is 8.68. The summed E-state index contributed by atoms with van der Waals surface area (Å²) in [6.07, 6.45) is 4.14. The summed E-state index contributed by atoms with van der Waals surface area (Å²) in [6, 6.07) is 0. The summed E-state index contributed by atoms with van der Waals surface area (Å²) in [5.41, 5.74) is 0. The van der Waals surface area contributed by atoms with Gasteiger partial charge in [-0.15, -0.1) is 0 Å². The van der Waals surface area contributed by atoms with Crippen LogP contribution in [0.25, 0.3) is 0 Å². The molecule has 0 saturated heterocycles. The van der Waals surface area contributed by atoms with E-state index in [1.54, 1.807) is 0 Å². The van der Waals surface area contributed by atoms with Crippen molar-refractivity contribution in [3.63, 3.8) is 0 Å². The average Bonchev–Trinajstić information content (AvgIpc) is 2.04. The van der Waals surface area contributed by atoms with E-state index in [9.17, 15) is 9.59 Å². The van der Waals surface area contributed by atoms with Crippen molar-refractivity contribution in [1.82, 2.24) is 0 Å². The maximum Gasteiger partial charge on any atom is 0.307 e. The molecule has 1 N–H and O–H groups in total. The second-order valence-electron chi connectivity index (χ2n) is 3.03. The molecule has 0 aromatic heterocycles. The van der Waals surface area contributed by atoms with E-state index >= 15 is 0 Å². The van der Waals surface area contributed by atoms with E-state index in [4.69, 9.17) is 5.11 Å². The van der Waals surface area contributed by atoms with Crippen molar-refractivity contribution in [2.75, 3.05) is 0 Å². The molecular weight excluding hydrogens is 144 g/mol. The Hall–Kier alpha value is -0.860. The van der Waals surface area contributed by atoms with E-state index < -0.39 is 11.9 Å². The molecule has 1 saturated carbocycles. The predicted molar refractivity (Wildman–Crippen MR) is 39.1 cm³/mol. The van der Waals surface area contributed by atoms with Crippen LogP contribution >= 0.6 is 0 Å². The van der Waals surface area contributed by atoms with Gasteiger partial charge in [0.25, 0.3) is 0 Å². The van der Waals surface area contributed by atoms with Crippen molar-refractivity contribution >= 4 is 12.3 Å². The third-order valence-electron chi connectivity index (χ3n) is 2.31. The second-order valence-corrected chi connectivity index (χ2v) is 3.03. The maximum atomic E-state index is 10.6. The molecule has 0 amide bonds. The highest BCUT2D eigenvalue weighted by Gasteiger charge is 2.29. The smallest absolute Gasteiger partial charge is 0.307 e. The van der Waals surface area contributed by atoms with Gasteiger partial charge in [0.2, 0.25) is 0 Å². The summed E-state index contributed by atoms with van der Waals surface area (Å²) >= 11 is 0. The van der Waals surface area contributed by atoms with Gasteiger partial charge >= 0.3 is 5.97 Å². The summed E-state index contributed by atoms with van der Waals surface area (Å²) in [4.78, 5) is 21.0. The molecule has 1 aliphatic rings. The van der Waals surface area contributed by atoms with Gasteiger partial charge in [0, 0.05) is 5.92 Å². The minimum absolute atomic E-state index is 0.235. The van der Waals surface area contributed by atoms with Gasteiger partial charge in [-0.1, -0.05) is 12.8 Å². The van der Waals surface area contributed by atoms with Crippen LogP contribution in [0.1, 0.15) is 25.7 Å². The van der Waals surface area contributed by atoms with Crippen LogP contribution in [0.3, 0.4) is 0 Å². The van der Waals surface area contributed by atoms with E-state index in [0.717, 1.165) is 25.5 Å². The van der Waals surface area contributed by atoms with E-state index in [2.05, 4.69) is 0 Å². The van der Waals surface area contributed by atoms with Crippen LogP contribution in [0, 0.1) is 11.8 Å². The van der Waals surface area contributed by atoms with Crippen LogP contribution in [0.4, 0.5) is 0 Å². The Balaban J connectivity index is 2.58. The Labute approximate surface area is 65.4 Å². The molecule has 0 spiro atoms. The highest BCUT2D eigenvalue weighted by atomic mass is 16.4. The Morgan fingerprint density at radius 3 is 2.45 bits per heavy atom. The third kappa shape index (κ3) is 1.79. The third-order valence-corrected chi connectivity index (χ3v) is 2.31. The normalized spacial score (nSPS) is 31.3. The second kappa shape index (κ2) is 3.51. The predicted octanol–water partition coefficient (Wildman–Crippen LogP) is 1.08. The molecule has 1 aliphatic carbocycles. The fourth-order valence-electron chi connectivity index (χ4n) is 1.63. The minimum atomic E-state index is -0.818. The zero-order valence-electron chi connectivity index (χ0n) is 6.32. The molecule has 0 aromatic rings. The molecule has 0 bridgehead atoms. The Morgan fingerprint density at radius 1 is 1.36 bits per heavy atom. The molecule has 1 fully saturated rings. The Kier molecular flexibility index (Phi) is 2.63. The van der Waals surface area contributed by atoms with E-state index in [-0.39, 0.29) is 5.92 Å². The van der Waals surface area contributed by atoms with Crippen molar-refractivity contribution in [3.05, 3.63) is 0 Å². The van der Waals surface area contributed by atoms with Crippen LogP contribution in [-0.4, -0.2) is 17.4 Å². The molecule has 0 aliphatic heterocycles. The molecule has 0 radical (unpaired) electrons. The number of rotatable bonds is 2. The van der Waals surface area contributed by atoms with Crippen LogP contribution in [0.5, 0.6) is 0 Å². The number of hydrogen-bond donors (Lipinski definition) is 1. The lowest BCUT2D eigenvalue weighted by Gasteiger charge is -2.23. The van der Waals surface area contributed by atoms with Gasteiger partial charge < -0.3 is 9.90 Å². The van der Waals surface area contributed by atoms with Crippen LogP contribution in [0.2, 0.25) is 0 Å². The monoisotopic (exact) mass is 156 g/mol. The van der Waals surface area contributed by atoms with Crippen molar-refractivity contribution in [1.29, 1.82) is 0 Å². The average molecular weight is 156 g/mol. The Morgan fingerprint density at radius 2 is 2.00 bits per heavy atom. The van der Waals surface area contributed by atoms with Gasteiger partial charge in [0.1, 0.15) is 6.29 Å². The number of aldehydes is 1. The quantitative estimate of drug-likeness (QED) is 0.608. The molecule has 11 heavy (non-hydrogen) atoms. The maximum absolute atomic E-state index is 10.6. The molecule has 3 heteroatoms. The first-order valence-electron chi connectivity index (χ1n) is 3.94. The zero-order valence-corrected chi connectivity index (χ0v) is 6.32. The van der Waals surface area contributed by atoms with E-state index in [1.165, 1.54) is 0 Å². The van der Waals surface area contributed by atoms with Crippen molar-refractivity contribution in [3.8, 4) is 0 Å². The first-order chi connectivity index (χ1) is 5.25. The van der Waals surface area contributed by atoms with Crippen molar-refractivity contribution in [2.45, 2.75) is 25.7 Å². The van der Waals surface area contributed by atoms with Crippen LogP contribution in [0.15, 0.2) is 0 Å². The topological polar surface area (TPSA) is 54.4 Å². The largest absolute Gasteiger partial charge is 0.481 e.